The van der Waals surface area contributed by atoms with Gasteiger partial charge in [0.25, 0.3) is 0 Å². The first kappa shape index (κ1) is 16.4. The Kier molecular flexibility index (Phi) is 4.76. The van der Waals surface area contributed by atoms with E-state index in [2.05, 4.69) is 40.5 Å². The number of carbonyl (C=O) groups is 1. The monoisotopic (exact) mass is 340 g/mol. The minimum atomic E-state index is -0.0776. The van der Waals surface area contributed by atoms with Crippen LogP contribution in [0.5, 0.6) is 0 Å². The van der Waals surface area contributed by atoms with Crippen molar-refractivity contribution < 1.29 is 4.79 Å². The van der Waals surface area contributed by atoms with Gasteiger partial charge in [0.15, 0.2) is 0 Å². The first-order valence-corrected chi connectivity index (χ1v) is 8.84. The summed E-state index contributed by atoms with van der Waals surface area (Å²) in [5.74, 6) is 1.59. The molecule has 0 spiro atoms. The lowest BCUT2D eigenvalue weighted by atomic mass is 10.2. The Morgan fingerprint density at radius 2 is 1.79 bits per heavy atom. The third-order valence-electron chi connectivity index (χ3n) is 3.62. The van der Waals surface area contributed by atoms with Crippen molar-refractivity contribution in [2.45, 2.75) is 33.6 Å². The van der Waals surface area contributed by atoms with Gasteiger partial charge in [0.2, 0.25) is 5.91 Å². The SMILES string of the molecule is CCc1nc(Nc2ccc(NC(C)=O)cc2)c2cc(CC)sc2n1. The molecule has 0 aliphatic rings. The van der Waals surface area contributed by atoms with Crippen LogP contribution < -0.4 is 10.6 Å². The molecule has 3 rings (SSSR count). The molecule has 3 aromatic rings. The van der Waals surface area contributed by atoms with Gasteiger partial charge in [-0.2, -0.15) is 0 Å². The third kappa shape index (κ3) is 3.54. The van der Waals surface area contributed by atoms with Crippen LogP contribution in [0, 0.1) is 0 Å². The summed E-state index contributed by atoms with van der Waals surface area (Å²) in [6, 6.07) is 9.76. The molecule has 0 radical (unpaired) electrons. The molecule has 1 amide bonds. The summed E-state index contributed by atoms with van der Waals surface area (Å²) in [5, 5.41) is 7.20. The van der Waals surface area contributed by atoms with Crippen LogP contribution in [-0.2, 0) is 17.6 Å². The van der Waals surface area contributed by atoms with Gasteiger partial charge in [-0.05, 0) is 36.8 Å². The molecule has 24 heavy (non-hydrogen) atoms. The molecule has 0 saturated heterocycles. The highest BCUT2D eigenvalue weighted by Gasteiger charge is 2.11. The Morgan fingerprint density at radius 3 is 2.42 bits per heavy atom. The van der Waals surface area contributed by atoms with E-state index in [1.165, 1.54) is 11.8 Å². The first-order valence-electron chi connectivity index (χ1n) is 8.03. The predicted molar refractivity (Wildman–Crippen MR) is 100 cm³/mol. The second-order valence-corrected chi connectivity index (χ2v) is 6.63. The Bertz CT molecular complexity index is 871. The minimum absolute atomic E-state index is 0.0776. The van der Waals surface area contributed by atoms with Crippen molar-refractivity contribution in [1.29, 1.82) is 0 Å². The summed E-state index contributed by atoms with van der Waals surface area (Å²) in [6.45, 7) is 5.70. The molecule has 0 fully saturated rings. The largest absolute Gasteiger partial charge is 0.340 e. The summed E-state index contributed by atoms with van der Waals surface area (Å²) in [7, 11) is 0. The van der Waals surface area contributed by atoms with E-state index in [0.29, 0.717) is 0 Å². The van der Waals surface area contributed by atoms with E-state index >= 15 is 0 Å². The van der Waals surface area contributed by atoms with E-state index in [1.54, 1.807) is 11.3 Å². The number of nitrogens with one attached hydrogen (secondary N) is 2. The number of aryl methyl sites for hydroxylation is 2. The molecule has 0 bridgehead atoms. The second kappa shape index (κ2) is 6.97. The fourth-order valence-corrected chi connectivity index (χ4v) is 3.41. The molecular weight excluding hydrogens is 320 g/mol. The van der Waals surface area contributed by atoms with Gasteiger partial charge >= 0.3 is 0 Å². The number of thiophene rings is 1. The van der Waals surface area contributed by atoms with Gasteiger partial charge in [0.05, 0.1) is 5.39 Å². The van der Waals surface area contributed by atoms with Crippen molar-refractivity contribution in [2.75, 3.05) is 10.6 Å². The topological polar surface area (TPSA) is 66.9 Å². The Balaban J connectivity index is 1.93. The highest BCUT2D eigenvalue weighted by Crippen LogP contribution is 2.31. The molecule has 5 nitrogen and oxygen atoms in total. The zero-order chi connectivity index (χ0) is 17.1. The van der Waals surface area contributed by atoms with Gasteiger partial charge in [-0.1, -0.05) is 13.8 Å². The number of anilines is 3. The van der Waals surface area contributed by atoms with E-state index in [0.717, 1.165) is 46.1 Å². The number of hydrogen-bond donors (Lipinski definition) is 2. The maximum absolute atomic E-state index is 11.1. The fraction of sp³-hybridized carbons (Fsp3) is 0.278. The van der Waals surface area contributed by atoms with Crippen LogP contribution in [0.2, 0.25) is 0 Å². The van der Waals surface area contributed by atoms with E-state index in [1.807, 2.05) is 24.3 Å². The maximum atomic E-state index is 11.1. The van der Waals surface area contributed by atoms with Crippen LogP contribution in [-0.4, -0.2) is 15.9 Å². The van der Waals surface area contributed by atoms with Crippen LogP contribution in [0.1, 0.15) is 31.5 Å². The number of hydrogen-bond acceptors (Lipinski definition) is 5. The summed E-state index contributed by atoms with van der Waals surface area (Å²) in [4.78, 5) is 22.7. The van der Waals surface area contributed by atoms with Crippen LogP contribution in [0.4, 0.5) is 17.2 Å². The van der Waals surface area contributed by atoms with Crippen LogP contribution in [0.15, 0.2) is 30.3 Å². The minimum Gasteiger partial charge on any atom is -0.340 e. The Hall–Kier alpha value is -2.47. The van der Waals surface area contributed by atoms with Gasteiger partial charge in [0, 0.05) is 29.6 Å². The van der Waals surface area contributed by atoms with E-state index in [4.69, 9.17) is 0 Å². The highest BCUT2D eigenvalue weighted by atomic mass is 32.1. The number of amides is 1. The van der Waals surface area contributed by atoms with Crippen molar-refractivity contribution in [2.24, 2.45) is 0 Å². The molecule has 0 unspecified atom stereocenters. The molecule has 1 aromatic carbocycles. The smallest absolute Gasteiger partial charge is 0.221 e. The lowest BCUT2D eigenvalue weighted by Gasteiger charge is -2.09. The molecule has 0 saturated carbocycles. The molecule has 0 atom stereocenters. The predicted octanol–water partition coefficient (Wildman–Crippen LogP) is 4.52. The van der Waals surface area contributed by atoms with Crippen molar-refractivity contribution in [3.8, 4) is 0 Å². The van der Waals surface area contributed by atoms with E-state index in [9.17, 15) is 4.79 Å². The second-order valence-electron chi connectivity index (χ2n) is 5.51. The van der Waals surface area contributed by atoms with Crippen molar-refractivity contribution in [3.63, 3.8) is 0 Å². The maximum Gasteiger partial charge on any atom is 0.221 e. The lowest BCUT2D eigenvalue weighted by molar-refractivity contribution is -0.114. The summed E-state index contributed by atoms with van der Waals surface area (Å²) in [6.07, 6.45) is 1.79. The molecular formula is C18H20N4OS. The average molecular weight is 340 g/mol. The number of nitrogens with zero attached hydrogens (tertiary/aromatic N) is 2. The number of carbonyl (C=O) groups excluding carboxylic acids is 1. The summed E-state index contributed by atoms with van der Waals surface area (Å²) >= 11 is 1.72. The first-order chi connectivity index (χ1) is 11.6. The molecule has 6 heteroatoms. The van der Waals surface area contributed by atoms with Crippen molar-refractivity contribution in [1.82, 2.24) is 9.97 Å². The van der Waals surface area contributed by atoms with Gasteiger partial charge < -0.3 is 10.6 Å². The zero-order valence-corrected chi connectivity index (χ0v) is 14.8. The molecule has 2 aromatic heterocycles. The van der Waals surface area contributed by atoms with Gasteiger partial charge in [0.1, 0.15) is 16.5 Å². The van der Waals surface area contributed by atoms with E-state index in [-0.39, 0.29) is 5.91 Å². The number of fused-ring (bicyclic) bond motifs is 1. The van der Waals surface area contributed by atoms with Crippen molar-refractivity contribution >= 4 is 44.7 Å². The lowest BCUT2D eigenvalue weighted by Crippen LogP contribution is -2.05. The molecule has 0 aliphatic carbocycles. The van der Waals surface area contributed by atoms with Gasteiger partial charge in [-0.3, -0.25) is 4.79 Å². The van der Waals surface area contributed by atoms with Crippen LogP contribution in [0.3, 0.4) is 0 Å². The summed E-state index contributed by atoms with van der Waals surface area (Å²) in [5.41, 5.74) is 1.70. The molecule has 0 aliphatic heterocycles. The number of benzene rings is 1. The number of aromatic nitrogens is 2. The van der Waals surface area contributed by atoms with Gasteiger partial charge in [-0.15, -0.1) is 11.3 Å². The average Bonchev–Trinajstić information content (AvgIpc) is 2.99. The third-order valence-corrected chi connectivity index (χ3v) is 4.80. The van der Waals surface area contributed by atoms with E-state index < -0.39 is 0 Å². The zero-order valence-electron chi connectivity index (χ0n) is 14.0. The fourth-order valence-electron chi connectivity index (χ4n) is 2.42. The van der Waals surface area contributed by atoms with Gasteiger partial charge in [-0.25, -0.2) is 9.97 Å². The van der Waals surface area contributed by atoms with Crippen molar-refractivity contribution in [3.05, 3.63) is 41.0 Å². The normalized spacial score (nSPS) is 10.8. The standard InChI is InChI=1S/C18H20N4OS/c1-4-14-10-15-17(21-16(5-2)22-18(15)24-14)20-13-8-6-12(7-9-13)19-11(3)23/h6-10H,4-5H2,1-3H3,(H,19,23)(H,20,21,22). The quantitative estimate of drug-likeness (QED) is 0.717. The molecule has 2 heterocycles. The van der Waals surface area contributed by atoms with Crippen LogP contribution in [0.25, 0.3) is 10.2 Å². The Morgan fingerprint density at radius 1 is 1.08 bits per heavy atom. The Labute approximate surface area is 145 Å². The van der Waals surface area contributed by atoms with Crippen LogP contribution >= 0.6 is 11.3 Å². The molecule has 2 N–H and O–H groups in total. The molecule has 124 valence electrons. The highest BCUT2D eigenvalue weighted by molar-refractivity contribution is 7.18. The summed E-state index contributed by atoms with van der Waals surface area (Å²) < 4.78 is 0. The number of rotatable bonds is 5.